The van der Waals surface area contributed by atoms with Crippen molar-refractivity contribution in [3.63, 3.8) is 0 Å². The van der Waals surface area contributed by atoms with E-state index in [1.807, 2.05) is 19.1 Å². The first-order valence-corrected chi connectivity index (χ1v) is 7.28. The van der Waals surface area contributed by atoms with Crippen molar-refractivity contribution in [3.05, 3.63) is 28.8 Å². The highest BCUT2D eigenvalue weighted by molar-refractivity contribution is 6.30. The summed E-state index contributed by atoms with van der Waals surface area (Å²) in [5.41, 5.74) is 0.843. The lowest BCUT2D eigenvalue weighted by Gasteiger charge is -2.47. The van der Waals surface area contributed by atoms with Crippen LogP contribution in [0.2, 0.25) is 5.02 Å². The zero-order valence-corrected chi connectivity index (χ0v) is 12.6. The number of benzene rings is 1. The molecule has 0 amide bonds. The van der Waals surface area contributed by atoms with Crippen molar-refractivity contribution in [1.82, 2.24) is 0 Å². The molecule has 1 aromatic carbocycles. The van der Waals surface area contributed by atoms with E-state index in [0.29, 0.717) is 10.9 Å². The molecule has 0 bridgehead atoms. The molecule has 0 aliphatic carbocycles. The van der Waals surface area contributed by atoms with Gasteiger partial charge in [-0.05, 0) is 38.0 Å². The molecule has 0 saturated carbocycles. The second-order valence-corrected chi connectivity index (χ2v) is 5.36. The average Bonchev–Trinajstić information content (AvgIpc) is 2.36. The zero-order chi connectivity index (χ0) is 13.9. The molecule has 1 heterocycles. The molecule has 0 atom stereocenters. The Kier molecular flexibility index (Phi) is 4.96. The largest absolute Gasteiger partial charge is 0.496 e. The van der Waals surface area contributed by atoms with Crippen LogP contribution in [-0.2, 0) is 15.3 Å². The van der Waals surface area contributed by atoms with Gasteiger partial charge in [0.25, 0.3) is 0 Å². The van der Waals surface area contributed by atoms with E-state index in [2.05, 4.69) is 0 Å². The molecule has 2 rings (SSSR count). The van der Waals surface area contributed by atoms with E-state index in [1.165, 1.54) is 0 Å². The summed E-state index contributed by atoms with van der Waals surface area (Å²) in [5, 5.41) is 0.638. The summed E-state index contributed by atoms with van der Waals surface area (Å²) in [6.07, 6.45) is 2.37. The van der Waals surface area contributed by atoms with Crippen LogP contribution in [0.15, 0.2) is 18.2 Å². The quantitative estimate of drug-likeness (QED) is 0.579. The third-order valence-electron chi connectivity index (χ3n) is 3.17. The first-order chi connectivity index (χ1) is 9.11. The number of ether oxygens (including phenoxy) is 3. The Hall–Kier alpha value is -0.480. The topological polar surface area (TPSA) is 27.7 Å². The Morgan fingerprint density at radius 3 is 2.63 bits per heavy atom. The van der Waals surface area contributed by atoms with Gasteiger partial charge in [-0.1, -0.05) is 11.6 Å². The molecule has 0 spiro atoms. The molecule has 106 valence electrons. The van der Waals surface area contributed by atoms with Crippen molar-refractivity contribution < 1.29 is 14.2 Å². The average molecular weight is 305 g/mol. The highest BCUT2D eigenvalue weighted by Gasteiger charge is 2.47. The molecule has 0 N–H and O–H groups in total. The van der Waals surface area contributed by atoms with Crippen LogP contribution in [0.3, 0.4) is 0 Å². The van der Waals surface area contributed by atoms with E-state index < -0.39 is 5.79 Å². The normalized spacial score (nSPS) is 26.0. The molecule has 3 nitrogen and oxygen atoms in total. The molecule has 0 unspecified atom stereocenters. The molecule has 1 saturated heterocycles. The minimum atomic E-state index is -0.748. The van der Waals surface area contributed by atoms with E-state index in [0.717, 1.165) is 30.6 Å². The predicted molar refractivity (Wildman–Crippen MR) is 75.9 cm³/mol. The molecule has 1 aliphatic heterocycles. The van der Waals surface area contributed by atoms with Gasteiger partial charge in [0.1, 0.15) is 5.75 Å². The van der Waals surface area contributed by atoms with Gasteiger partial charge in [0.05, 0.1) is 12.7 Å². The van der Waals surface area contributed by atoms with Gasteiger partial charge in [0.2, 0.25) is 5.79 Å². The minimum absolute atomic E-state index is 0.209. The Bertz CT molecular complexity index is 431. The molecular weight excluding hydrogens is 287 g/mol. The highest BCUT2D eigenvalue weighted by Crippen LogP contribution is 2.47. The summed E-state index contributed by atoms with van der Waals surface area (Å²) in [6.45, 7) is 1.87. The van der Waals surface area contributed by atoms with Gasteiger partial charge in [-0.25, -0.2) is 0 Å². The Balaban J connectivity index is 2.25. The summed E-state index contributed by atoms with van der Waals surface area (Å²) in [4.78, 5) is 0. The van der Waals surface area contributed by atoms with Crippen molar-refractivity contribution in [2.24, 2.45) is 0 Å². The lowest BCUT2D eigenvalue weighted by atomic mass is 9.96. The van der Waals surface area contributed by atoms with Crippen LogP contribution in [0.1, 0.15) is 31.7 Å². The number of halogens is 2. The fourth-order valence-electron chi connectivity index (χ4n) is 2.35. The Labute approximate surface area is 123 Å². The third-order valence-corrected chi connectivity index (χ3v) is 3.68. The molecule has 5 heteroatoms. The van der Waals surface area contributed by atoms with Crippen LogP contribution in [0.5, 0.6) is 5.75 Å². The van der Waals surface area contributed by atoms with Gasteiger partial charge in [-0.15, -0.1) is 11.6 Å². The van der Waals surface area contributed by atoms with Crippen molar-refractivity contribution in [3.8, 4) is 5.75 Å². The van der Waals surface area contributed by atoms with Crippen molar-refractivity contribution in [1.29, 1.82) is 0 Å². The van der Waals surface area contributed by atoms with Crippen LogP contribution < -0.4 is 4.74 Å². The van der Waals surface area contributed by atoms with E-state index in [9.17, 15) is 0 Å². The standard InChI is InChI=1S/C14H18Cl2O3/c1-10-18-14(19-10,7-3-4-8-15)12-9-11(16)5-6-13(12)17-2/h5-6,9-10H,3-4,7-8H2,1-2H3. The highest BCUT2D eigenvalue weighted by atomic mass is 35.5. The molecule has 0 aromatic heterocycles. The van der Waals surface area contributed by atoms with Crippen LogP contribution in [0.4, 0.5) is 0 Å². The molecule has 1 aliphatic rings. The molecule has 0 radical (unpaired) electrons. The first kappa shape index (κ1) is 14.9. The molecule has 19 heavy (non-hydrogen) atoms. The summed E-state index contributed by atoms with van der Waals surface area (Å²) >= 11 is 11.8. The number of alkyl halides is 1. The van der Waals surface area contributed by atoms with Crippen molar-refractivity contribution in [2.75, 3.05) is 13.0 Å². The second kappa shape index (κ2) is 6.31. The second-order valence-electron chi connectivity index (χ2n) is 4.55. The van der Waals surface area contributed by atoms with E-state index in [1.54, 1.807) is 13.2 Å². The maximum atomic E-state index is 6.07. The Morgan fingerprint density at radius 2 is 2.05 bits per heavy atom. The monoisotopic (exact) mass is 304 g/mol. The smallest absolute Gasteiger partial charge is 0.204 e. The maximum Gasteiger partial charge on any atom is 0.204 e. The summed E-state index contributed by atoms with van der Waals surface area (Å²) in [7, 11) is 1.63. The van der Waals surface area contributed by atoms with Gasteiger partial charge in [-0.3, -0.25) is 0 Å². The van der Waals surface area contributed by atoms with E-state index in [4.69, 9.17) is 37.4 Å². The predicted octanol–water partition coefficient (Wildman–Crippen LogP) is 4.30. The van der Waals surface area contributed by atoms with Gasteiger partial charge >= 0.3 is 0 Å². The van der Waals surface area contributed by atoms with Gasteiger partial charge in [-0.2, -0.15) is 0 Å². The van der Waals surface area contributed by atoms with Gasteiger partial charge in [0.15, 0.2) is 6.29 Å². The maximum absolute atomic E-state index is 6.07. The lowest BCUT2D eigenvalue weighted by Crippen LogP contribution is -2.49. The molecular formula is C14H18Cl2O3. The lowest BCUT2D eigenvalue weighted by molar-refractivity contribution is -0.459. The fraction of sp³-hybridized carbons (Fsp3) is 0.571. The number of hydrogen-bond donors (Lipinski definition) is 0. The van der Waals surface area contributed by atoms with E-state index >= 15 is 0 Å². The third kappa shape index (κ3) is 3.16. The van der Waals surface area contributed by atoms with E-state index in [-0.39, 0.29) is 6.29 Å². The summed E-state index contributed by atoms with van der Waals surface area (Å²) in [5.74, 6) is 0.613. The van der Waals surface area contributed by atoms with Crippen LogP contribution in [-0.4, -0.2) is 19.3 Å². The van der Waals surface area contributed by atoms with Crippen molar-refractivity contribution >= 4 is 23.2 Å². The number of methoxy groups -OCH3 is 1. The number of rotatable bonds is 6. The SMILES string of the molecule is COc1ccc(Cl)cc1C1(CCCCCl)OC(C)O1. The zero-order valence-electron chi connectivity index (χ0n) is 11.1. The van der Waals surface area contributed by atoms with Gasteiger partial charge < -0.3 is 14.2 Å². The van der Waals surface area contributed by atoms with Crippen molar-refractivity contribution in [2.45, 2.75) is 38.3 Å². The van der Waals surface area contributed by atoms with Crippen LogP contribution in [0, 0.1) is 0 Å². The first-order valence-electron chi connectivity index (χ1n) is 6.37. The minimum Gasteiger partial charge on any atom is -0.496 e. The van der Waals surface area contributed by atoms with Crippen LogP contribution >= 0.6 is 23.2 Å². The Morgan fingerprint density at radius 1 is 1.32 bits per heavy atom. The number of unbranched alkanes of at least 4 members (excludes halogenated alkanes) is 1. The summed E-state index contributed by atoms with van der Waals surface area (Å²) in [6, 6.07) is 5.46. The fourth-order valence-corrected chi connectivity index (χ4v) is 2.72. The summed E-state index contributed by atoms with van der Waals surface area (Å²) < 4.78 is 17.1. The van der Waals surface area contributed by atoms with Gasteiger partial charge in [0, 0.05) is 17.3 Å². The number of hydrogen-bond acceptors (Lipinski definition) is 3. The van der Waals surface area contributed by atoms with Crippen LogP contribution in [0.25, 0.3) is 0 Å². The molecule has 1 aromatic rings. The molecule has 1 fully saturated rings.